The van der Waals surface area contributed by atoms with Crippen molar-refractivity contribution in [1.29, 1.82) is 0 Å². The number of pyridine rings is 5. The first-order valence-corrected chi connectivity index (χ1v) is 46.0. The summed E-state index contributed by atoms with van der Waals surface area (Å²) >= 11 is 0. The molecule has 0 unspecified atom stereocenters. The highest BCUT2D eigenvalue weighted by molar-refractivity contribution is 6.24. The second-order valence-corrected chi connectivity index (χ2v) is 36.9. The Morgan fingerprint density at radius 2 is 0.429 bits per heavy atom. The van der Waals surface area contributed by atoms with Crippen LogP contribution in [-0.4, -0.2) is 22.8 Å². The van der Waals surface area contributed by atoms with Gasteiger partial charge in [0.1, 0.15) is 62.8 Å². The first-order valence-electron chi connectivity index (χ1n) is 47.5. The zero-order chi connectivity index (χ0) is 94.3. The van der Waals surface area contributed by atoms with Gasteiger partial charge in [-0.15, -0.1) is 0 Å². The van der Waals surface area contributed by atoms with Crippen LogP contribution in [0.2, 0.25) is 0 Å². The van der Waals surface area contributed by atoms with E-state index in [9.17, 15) is 0 Å². The van der Waals surface area contributed by atoms with E-state index in [0.717, 1.165) is 16.8 Å². The van der Waals surface area contributed by atoms with Crippen LogP contribution in [0.1, 0.15) is 48.6 Å². The van der Waals surface area contributed by atoms with Gasteiger partial charge in [-0.3, -0.25) is 0 Å². The molecule has 133 heavy (non-hydrogen) atoms. The summed E-state index contributed by atoms with van der Waals surface area (Å²) in [7, 11) is 21.3. The molecule has 0 radical (unpaired) electrons. The van der Waals surface area contributed by atoms with Gasteiger partial charge in [0.25, 0.3) is 0 Å². The topological polar surface area (TPSA) is 44.0 Å². The molecule has 0 aliphatic heterocycles. The van der Waals surface area contributed by atoms with Crippen molar-refractivity contribution in [3.05, 3.63) is 391 Å². The second-order valence-electron chi connectivity index (χ2n) is 36.9. The van der Waals surface area contributed by atoms with E-state index in [1.807, 2.05) is 20.0 Å². The highest BCUT2D eigenvalue weighted by Crippen LogP contribution is 2.43. The van der Waals surface area contributed by atoms with Gasteiger partial charge in [0, 0.05) is 179 Å². The summed E-state index contributed by atoms with van der Waals surface area (Å²) in [6.45, 7) is 12.9. The number of hydrogen-bond acceptors (Lipinski definition) is 0. The molecule has 10 heterocycles. The predicted molar refractivity (Wildman–Crippen MR) is 561 cm³/mol. The van der Waals surface area contributed by atoms with E-state index in [0.29, 0.717) is 5.56 Å². The molecule has 0 amide bonds. The van der Waals surface area contributed by atoms with Crippen LogP contribution >= 0.6 is 0 Å². The van der Waals surface area contributed by atoms with Crippen LogP contribution in [0.15, 0.2) is 346 Å². The number of aryl methyl sites for hydroxylation is 18. The van der Waals surface area contributed by atoms with Gasteiger partial charge in [-0.2, -0.15) is 22.8 Å². The summed E-state index contributed by atoms with van der Waals surface area (Å²) in [6.07, 6.45) is 11.2. The summed E-state index contributed by atoms with van der Waals surface area (Å²) in [5.74, 6) is 0. The Balaban J connectivity index is 0.000000102. The van der Waals surface area contributed by atoms with Crippen LogP contribution in [0, 0.1) is 55.3 Å². The molecule has 0 atom stereocenters. The third-order valence-electron chi connectivity index (χ3n) is 28.4. The Hall–Kier alpha value is -15.7. The molecule has 0 N–H and O–H groups in total. The van der Waals surface area contributed by atoms with Crippen molar-refractivity contribution in [2.24, 2.45) is 70.5 Å². The lowest BCUT2D eigenvalue weighted by atomic mass is 10.00. The molecule has 10 heteroatoms. The Morgan fingerprint density at radius 1 is 0.188 bits per heavy atom. The third-order valence-corrected chi connectivity index (χ3v) is 28.4. The Labute approximate surface area is 780 Å². The summed E-state index contributed by atoms with van der Waals surface area (Å²) in [5.41, 5.74) is 34.0. The standard InChI is InChI=1S/3C25H23N2.2C24H21N2/c2*1-16-9-11-19(17(2)13-16)23-14-21-24(15-26(23)3)27(4)22-12-10-18-7-5-6-8-20(18)25(21)22;1-16-9-10-20(17(2)11-16)23-14-22-21-12-18-7-5-6-8-19(18)13-24(21)27(4)25(22)15-26(23)3;1-16-8-4-7-11-19(16)22-14-21-20-12-17-9-5-6-10-18(17)13-23(20)26(3)24(21)15-25(22)2;1-16-8-4-6-10-18(16)22-14-20-23(15-25(22)2)26(3)21-13-12-17-9-5-7-11-19(17)24(20)21/h3*5-15H,1-4H3;2*4-15H,1-3H3/q5*+1/i1D3;;;;. The fourth-order valence-corrected chi connectivity index (χ4v) is 21.3. The normalized spacial score (nSPS) is 12.1. The van der Waals surface area contributed by atoms with Crippen molar-refractivity contribution in [3.63, 3.8) is 0 Å². The molecule has 648 valence electrons. The molecular formula is C123H111N10+5. The van der Waals surface area contributed by atoms with Crippen LogP contribution in [0.3, 0.4) is 0 Å². The van der Waals surface area contributed by atoms with Crippen molar-refractivity contribution in [2.45, 2.75) is 55.3 Å². The van der Waals surface area contributed by atoms with Crippen LogP contribution in [0.5, 0.6) is 0 Å². The smallest absolute Gasteiger partial charge is 0.213 e. The molecule has 0 saturated carbocycles. The molecule has 0 aliphatic rings. The third kappa shape index (κ3) is 14.6. The molecule has 25 aromatic rings. The van der Waals surface area contributed by atoms with Crippen molar-refractivity contribution in [3.8, 4) is 56.3 Å². The average molecular weight is 1730 g/mol. The molecule has 15 aromatic carbocycles. The van der Waals surface area contributed by atoms with Gasteiger partial charge in [-0.25, -0.2) is 0 Å². The number of fused-ring (bicyclic) bond motifs is 23. The summed E-state index contributed by atoms with van der Waals surface area (Å²) < 4.78 is 45.6. The van der Waals surface area contributed by atoms with Crippen LogP contribution < -0.4 is 22.8 Å². The molecule has 0 aliphatic carbocycles. The van der Waals surface area contributed by atoms with Crippen molar-refractivity contribution >= 4 is 163 Å². The summed E-state index contributed by atoms with van der Waals surface area (Å²) in [5, 5.41) is 25.9. The number of hydrogen-bond donors (Lipinski definition) is 0. The molecule has 0 bridgehead atoms. The summed E-state index contributed by atoms with van der Waals surface area (Å²) in [6, 6.07) is 113. The fourth-order valence-electron chi connectivity index (χ4n) is 21.3. The van der Waals surface area contributed by atoms with E-state index in [-0.39, 0.29) is 0 Å². The summed E-state index contributed by atoms with van der Waals surface area (Å²) in [4.78, 5) is 0. The molecular weight excluding hydrogens is 1620 g/mol. The maximum Gasteiger partial charge on any atom is 0.213 e. The van der Waals surface area contributed by atoms with Crippen LogP contribution in [0.25, 0.3) is 219 Å². The molecule has 10 nitrogen and oxygen atoms in total. The van der Waals surface area contributed by atoms with Gasteiger partial charge in [-0.05, 0) is 210 Å². The predicted octanol–water partition coefficient (Wildman–Crippen LogP) is 27.3. The molecule has 10 aromatic heterocycles. The van der Waals surface area contributed by atoms with E-state index in [2.05, 4.69) is 479 Å². The van der Waals surface area contributed by atoms with E-state index >= 15 is 0 Å². The number of nitrogens with zero attached hydrogens (tertiary/aromatic N) is 10. The quantitative estimate of drug-likeness (QED) is 0.154. The maximum absolute atomic E-state index is 7.69. The average Bonchev–Trinajstić information content (AvgIpc) is 1.59. The largest absolute Gasteiger partial charge is 0.339 e. The lowest BCUT2D eigenvalue weighted by molar-refractivity contribution is -0.659. The first-order chi connectivity index (χ1) is 65.6. The first kappa shape index (κ1) is 80.6. The number of rotatable bonds is 5. The zero-order valence-corrected chi connectivity index (χ0v) is 78.9. The molecule has 0 fully saturated rings. The lowest BCUT2D eigenvalue weighted by Gasteiger charge is -2.06. The van der Waals surface area contributed by atoms with Gasteiger partial charge >= 0.3 is 0 Å². The van der Waals surface area contributed by atoms with Gasteiger partial charge < -0.3 is 22.8 Å². The number of aromatic nitrogens is 10. The highest BCUT2D eigenvalue weighted by Gasteiger charge is 2.27. The van der Waals surface area contributed by atoms with Gasteiger partial charge in [-0.1, -0.05) is 229 Å². The molecule has 25 rings (SSSR count). The minimum atomic E-state index is -2.09. The van der Waals surface area contributed by atoms with E-state index in [1.54, 1.807) is 12.1 Å². The van der Waals surface area contributed by atoms with E-state index in [4.69, 9.17) is 4.11 Å². The van der Waals surface area contributed by atoms with Gasteiger partial charge in [0.15, 0.2) is 31.0 Å². The lowest BCUT2D eigenvalue weighted by Crippen LogP contribution is -2.30. The SMILES string of the molecule is Cc1ccc(-c2cc3c4c5ccccc5ccc4n(C)c3c[n+]2C)c(C)c1.Cc1ccc(-c2cc3c4cc5ccccc5cc4n(C)c3c[n+]2C)c(C)c1.Cc1ccccc1-c1cc2c3c4ccccc4ccc3n(C)c2c[n+]1C.Cc1ccccc1-c1cc2c3cc4ccccc4cc3n(C)c2c[n+]1C.[2H]C([2H])([2H])c1ccc(-c2cc3c4c5ccccc5ccc4n(C)c3c[n+]2C)c(C)c1. The van der Waals surface area contributed by atoms with E-state index in [1.165, 1.54) is 241 Å². The Bertz CT molecular complexity index is 9250. The number of benzene rings is 15. The minimum absolute atomic E-state index is 0.378. The van der Waals surface area contributed by atoms with Crippen molar-refractivity contribution in [1.82, 2.24) is 22.8 Å². The Kier molecular flexibility index (Phi) is 20.2. The molecule has 0 spiro atoms. The van der Waals surface area contributed by atoms with Gasteiger partial charge in [0.2, 0.25) is 28.5 Å². The van der Waals surface area contributed by atoms with Crippen molar-refractivity contribution < 1.29 is 26.9 Å². The molecule has 0 saturated heterocycles. The zero-order valence-electron chi connectivity index (χ0n) is 81.9. The monoisotopic (exact) mass is 1730 g/mol. The van der Waals surface area contributed by atoms with Crippen molar-refractivity contribution in [2.75, 3.05) is 0 Å². The Morgan fingerprint density at radius 3 is 0.737 bits per heavy atom. The van der Waals surface area contributed by atoms with Crippen LogP contribution in [-0.2, 0) is 70.5 Å². The van der Waals surface area contributed by atoms with E-state index < -0.39 is 6.85 Å². The minimum Gasteiger partial charge on any atom is -0.339 e. The van der Waals surface area contributed by atoms with Gasteiger partial charge in [0.05, 0.1) is 0 Å². The van der Waals surface area contributed by atoms with Crippen LogP contribution in [0.4, 0.5) is 0 Å². The maximum atomic E-state index is 7.69. The second kappa shape index (κ2) is 33.4. The highest BCUT2D eigenvalue weighted by atomic mass is 15.0. The fraction of sp³-hybridized carbons (Fsp3) is 0.146.